The Morgan fingerprint density at radius 3 is 2.97 bits per heavy atom. The first-order valence-electron chi connectivity index (χ1n) is 11.3. The van der Waals surface area contributed by atoms with Crippen molar-refractivity contribution in [2.75, 3.05) is 39.1 Å². The summed E-state index contributed by atoms with van der Waals surface area (Å²) < 4.78 is 10.5. The molecule has 0 bridgehead atoms. The monoisotopic (exact) mass is 456 g/mol. The van der Waals surface area contributed by atoms with Gasteiger partial charge in [0.25, 0.3) is 0 Å². The van der Waals surface area contributed by atoms with Crippen LogP contribution < -0.4 is 4.74 Å². The number of piperidine rings is 1. The predicted octanol–water partition coefficient (Wildman–Crippen LogP) is 4.37. The number of methoxy groups -OCH3 is 1. The number of benzene rings is 1. The number of aromatic nitrogens is 1. The predicted molar refractivity (Wildman–Crippen MR) is 127 cm³/mol. The van der Waals surface area contributed by atoms with Crippen LogP contribution in [0.4, 0.5) is 0 Å². The maximum Gasteiger partial charge on any atom is 0.119 e. The summed E-state index contributed by atoms with van der Waals surface area (Å²) in [5.41, 5.74) is 1.75. The molecular weight excluding hydrogens is 424 g/mol. The van der Waals surface area contributed by atoms with Gasteiger partial charge in [0.15, 0.2) is 0 Å². The Morgan fingerprint density at radius 1 is 1.28 bits per heavy atom. The second kappa shape index (κ2) is 11.2. The Morgan fingerprint density at radius 2 is 2.19 bits per heavy atom. The molecule has 3 atom stereocenters. The summed E-state index contributed by atoms with van der Waals surface area (Å²) >= 11 is 1.80. The van der Waals surface area contributed by atoms with Gasteiger partial charge in [0.05, 0.1) is 25.0 Å². The number of ether oxygens (including phenoxy) is 1. The van der Waals surface area contributed by atoms with Crippen LogP contribution in [-0.2, 0) is 0 Å². The van der Waals surface area contributed by atoms with Gasteiger partial charge in [0.1, 0.15) is 12.0 Å². The summed E-state index contributed by atoms with van der Waals surface area (Å²) in [5.74, 6) is 2.46. The van der Waals surface area contributed by atoms with Crippen molar-refractivity contribution in [2.45, 2.75) is 30.3 Å². The van der Waals surface area contributed by atoms with E-state index in [9.17, 15) is 10.2 Å². The quantitative estimate of drug-likeness (QED) is 0.439. The zero-order valence-corrected chi connectivity index (χ0v) is 19.3. The average molecular weight is 457 g/mol. The number of aliphatic hydroxyl groups excluding tert-OH is 2. The van der Waals surface area contributed by atoms with E-state index >= 15 is 0 Å². The summed E-state index contributed by atoms with van der Waals surface area (Å²) in [7, 11) is 1.64. The van der Waals surface area contributed by atoms with Crippen LogP contribution in [0.25, 0.3) is 10.9 Å². The minimum Gasteiger partial charge on any atom is -0.497 e. The summed E-state index contributed by atoms with van der Waals surface area (Å²) in [4.78, 5) is 8.02. The van der Waals surface area contributed by atoms with Crippen molar-refractivity contribution in [3.8, 4) is 5.75 Å². The van der Waals surface area contributed by atoms with Crippen molar-refractivity contribution in [3.63, 3.8) is 0 Å². The van der Waals surface area contributed by atoms with Crippen LogP contribution in [0.2, 0.25) is 0 Å². The van der Waals surface area contributed by atoms with Gasteiger partial charge in [-0.15, -0.1) is 11.8 Å². The summed E-state index contributed by atoms with van der Waals surface area (Å²) in [6, 6.07) is 9.64. The summed E-state index contributed by atoms with van der Waals surface area (Å²) in [6.07, 6.45) is 7.31. The number of pyridine rings is 1. The van der Waals surface area contributed by atoms with Crippen LogP contribution in [0.5, 0.6) is 5.75 Å². The second-order valence-corrected chi connectivity index (χ2v) is 9.64. The van der Waals surface area contributed by atoms with Crippen LogP contribution in [0.3, 0.4) is 0 Å². The number of hydrogen-bond acceptors (Lipinski definition) is 7. The molecule has 2 aromatic heterocycles. The van der Waals surface area contributed by atoms with Gasteiger partial charge in [-0.05, 0) is 73.5 Å². The van der Waals surface area contributed by atoms with Crippen molar-refractivity contribution in [1.82, 2.24) is 9.88 Å². The van der Waals surface area contributed by atoms with E-state index in [0.717, 1.165) is 65.3 Å². The molecular formula is C25H32N2O4S. The maximum atomic E-state index is 11.0. The van der Waals surface area contributed by atoms with E-state index in [-0.39, 0.29) is 12.5 Å². The molecule has 1 aliphatic heterocycles. The molecule has 1 aromatic carbocycles. The molecule has 32 heavy (non-hydrogen) atoms. The number of likely N-dealkylation sites (tertiary alicyclic amines) is 1. The lowest BCUT2D eigenvalue weighted by atomic mass is 9.81. The third-order valence-electron chi connectivity index (χ3n) is 6.53. The minimum atomic E-state index is -0.559. The van der Waals surface area contributed by atoms with E-state index in [4.69, 9.17) is 9.15 Å². The Balaban J connectivity index is 1.31. The molecule has 3 heterocycles. The highest BCUT2D eigenvalue weighted by Gasteiger charge is 2.29. The molecule has 7 heteroatoms. The summed E-state index contributed by atoms with van der Waals surface area (Å²) in [6.45, 7) is 3.16. The largest absolute Gasteiger partial charge is 0.497 e. The van der Waals surface area contributed by atoms with Crippen LogP contribution in [-0.4, -0.2) is 59.2 Å². The fraction of sp³-hybridized carbons (Fsp3) is 0.480. The highest BCUT2D eigenvalue weighted by atomic mass is 32.2. The van der Waals surface area contributed by atoms with E-state index in [2.05, 4.69) is 9.88 Å². The Labute approximate surface area is 193 Å². The molecule has 1 saturated heterocycles. The lowest BCUT2D eigenvalue weighted by molar-refractivity contribution is 0.0608. The molecule has 0 amide bonds. The first kappa shape index (κ1) is 23.1. The fourth-order valence-corrected chi connectivity index (χ4v) is 5.52. The Hall–Kier alpha value is -2.06. The molecule has 2 N–H and O–H groups in total. The van der Waals surface area contributed by atoms with Gasteiger partial charge in [0.2, 0.25) is 0 Å². The van der Waals surface area contributed by atoms with Gasteiger partial charge < -0.3 is 24.3 Å². The topological polar surface area (TPSA) is 79.0 Å². The molecule has 3 aromatic rings. The van der Waals surface area contributed by atoms with Gasteiger partial charge in [-0.25, -0.2) is 0 Å². The minimum absolute atomic E-state index is 0.196. The van der Waals surface area contributed by atoms with E-state index in [1.165, 1.54) is 0 Å². The van der Waals surface area contributed by atoms with Gasteiger partial charge in [0, 0.05) is 41.9 Å². The number of rotatable bonds is 10. The second-order valence-electron chi connectivity index (χ2n) is 8.48. The van der Waals surface area contributed by atoms with Crippen molar-refractivity contribution >= 4 is 22.7 Å². The first-order valence-corrected chi connectivity index (χ1v) is 12.3. The van der Waals surface area contributed by atoms with Crippen LogP contribution >= 0.6 is 11.8 Å². The zero-order valence-electron chi connectivity index (χ0n) is 18.5. The Bertz CT molecular complexity index is 981. The van der Waals surface area contributed by atoms with Crippen molar-refractivity contribution in [2.24, 2.45) is 11.8 Å². The molecule has 6 nitrogen and oxygen atoms in total. The van der Waals surface area contributed by atoms with E-state index < -0.39 is 6.10 Å². The number of thioether (sulfide) groups is 1. The third kappa shape index (κ3) is 5.64. The van der Waals surface area contributed by atoms with Gasteiger partial charge in [-0.1, -0.05) is 0 Å². The van der Waals surface area contributed by atoms with E-state index in [1.54, 1.807) is 37.6 Å². The SMILES string of the molecule is COc1ccc2nccc(C(O)CC[C@@H]3CCN(CCSc4ccoc4)C[C@@H]3CO)c2c1. The molecule has 1 fully saturated rings. The molecule has 0 aliphatic carbocycles. The number of hydrogen-bond donors (Lipinski definition) is 2. The Kier molecular flexibility index (Phi) is 8.08. The standard InChI is InChI=1S/C25H32N2O4S/c1-30-20-3-4-24-23(14-20)22(6-9-26-24)25(29)5-2-18-7-10-27(15-19(18)16-28)11-13-32-21-8-12-31-17-21/h3-4,6,8-9,12,14,17-19,25,28-29H,2,5,7,10-11,13,15-16H2,1H3/t18-,19-,25?/m1/s1. The first-order chi connectivity index (χ1) is 15.7. The number of aliphatic hydroxyl groups is 2. The van der Waals surface area contributed by atoms with Crippen LogP contribution in [0, 0.1) is 11.8 Å². The third-order valence-corrected chi connectivity index (χ3v) is 7.49. The molecule has 172 valence electrons. The van der Waals surface area contributed by atoms with Crippen LogP contribution in [0.15, 0.2) is 58.4 Å². The molecule has 0 spiro atoms. The van der Waals surface area contributed by atoms with E-state index in [1.807, 2.05) is 30.3 Å². The zero-order chi connectivity index (χ0) is 22.3. The molecule has 1 aliphatic rings. The molecule has 0 saturated carbocycles. The number of fused-ring (bicyclic) bond motifs is 1. The van der Waals surface area contributed by atoms with E-state index in [0.29, 0.717) is 12.3 Å². The van der Waals surface area contributed by atoms with Gasteiger partial charge >= 0.3 is 0 Å². The highest BCUT2D eigenvalue weighted by Crippen LogP contribution is 2.33. The lowest BCUT2D eigenvalue weighted by Gasteiger charge is -2.38. The molecule has 1 unspecified atom stereocenters. The fourth-order valence-electron chi connectivity index (χ4n) is 4.66. The molecule has 0 radical (unpaired) electrons. The summed E-state index contributed by atoms with van der Waals surface area (Å²) in [5, 5.41) is 21.9. The average Bonchev–Trinajstić information content (AvgIpc) is 3.35. The number of nitrogens with zero attached hydrogens (tertiary/aromatic N) is 2. The van der Waals surface area contributed by atoms with Crippen molar-refractivity contribution < 1.29 is 19.4 Å². The molecule has 4 rings (SSSR count). The van der Waals surface area contributed by atoms with Gasteiger partial charge in [-0.2, -0.15) is 0 Å². The van der Waals surface area contributed by atoms with Crippen molar-refractivity contribution in [1.29, 1.82) is 0 Å². The van der Waals surface area contributed by atoms with Crippen LogP contribution in [0.1, 0.15) is 30.9 Å². The van der Waals surface area contributed by atoms with Crippen molar-refractivity contribution in [3.05, 3.63) is 54.6 Å². The lowest BCUT2D eigenvalue weighted by Crippen LogP contribution is -2.43. The smallest absolute Gasteiger partial charge is 0.119 e. The maximum absolute atomic E-state index is 11.0. The van der Waals surface area contributed by atoms with Gasteiger partial charge in [-0.3, -0.25) is 4.98 Å². The number of furan rings is 1. The highest BCUT2D eigenvalue weighted by molar-refractivity contribution is 7.99. The normalized spacial score (nSPS) is 20.5.